The molecule has 1 aromatic rings. The molecule has 0 saturated carbocycles. The molecule has 1 fully saturated rings. The maximum Gasteiger partial charge on any atom is 0.322 e. The van der Waals surface area contributed by atoms with Gasteiger partial charge < -0.3 is 42.7 Å². The summed E-state index contributed by atoms with van der Waals surface area (Å²) in [6.45, 7) is 0.463. The maximum atomic E-state index is 13.6. The average molecular weight is 593 g/mol. The fourth-order valence-corrected chi connectivity index (χ4v) is 4.56. The zero-order chi connectivity index (χ0) is 30.2. The molecule has 1 aliphatic rings. The van der Waals surface area contributed by atoms with Crippen LogP contribution in [-0.4, -0.2) is 102 Å². The SMILES string of the molecule is NC(N)=NCCCC(NC(=O)CNCCS)C(=O)N1CCC[C@@H]1C(=O)NC(Cc1ccccc1)C(=O)NCC(=O)O. The highest BCUT2D eigenvalue weighted by atomic mass is 32.1. The van der Waals surface area contributed by atoms with Gasteiger partial charge in [0.05, 0.1) is 6.54 Å². The topological polar surface area (TPSA) is 221 Å². The van der Waals surface area contributed by atoms with Gasteiger partial charge >= 0.3 is 5.97 Å². The molecule has 41 heavy (non-hydrogen) atoms. The standard InChI is InChI=1S/C26H40N8O6S/c27-26(28)30-10-4-8-18(32-21(35)15-29-11-13-41)25(40)34-12-5-9-20(34)24(39)33-19(23(38)31-16-22(36)37)14-17-6-2-1-3-7-17/h1-3,6-7,18-20,29,41H,4-5,8-16H2,(H,31,38)(H,32,35)(H,33,39)(H,36,37)(H4,27,28,30)/t18?,19?,20-/m1/s1. The Morgan fingerprint density at radius 1 is 1.07 bits per heavy atom. The Morgan fingerprint density at radius 3 is 2.46 bits per heavy atom. The van der Waals surface area contributed by atoms with Gasteiger partial charge in [0, 0.05) is 31.8 Å². The van der Waals surface area contributed by atoms with Crippen LogP contribution in [0.2, 0.25) is 0 Å². The van der Waals surface area contributed by atoms with E-state index >= 15 is 0 Å². The van der Waals surface area contributed by atoms with Crippen LogP contribution in [0.3, 0.4) is 0 Å². The van der Waals surface area contributed by atoms with E-state index in [0.29, 0.717) is 38.1 Å². The van der Waals surface area contributed by atoms with Gasteiger partial charge in [-0.25, -0.2) is 0 Å². The number of likely N-dealkylation sites (tertiary alicyclic amines) is 1. The van der Waals surface area contributed by atoms with E-state index in [1.165, 1.54) is 4.90 Å². The van der Waals surface area contributed by atoms with E-state index in [-0.39, 0.29) is 37.8 Å². The van der Waals surface area contributed by atoms with Crippen molar-refractivity contribution < 1.29 is 29.1 Å². The van der Waals surface area contributed by atoms with Gasteiger partial charge in [-0.3, -0.25) is 29.0 Å². The number of nitrogens with zero attached hydrogens (tertiary/aromatic N) is 2. The number of nitrogens with two attached hydrogens (primary N) is 2. The molecular formula is C26H40N8O6S. The Morgan fingerprint density at radius 2 is 1.80 bits per heavy atom. The summed E-state index contributed by atoms with van der Waals surface area (Å²) < 4.78 is 0. The number of nitrogens with one attached hydrogen (secondary N) is 4. The minimum Gasteiger partial charge on any atom is -0.480 e. The summed E-state index contributed by atoms with van der Waals surface area (Å²) in [6.07, 6.45) is 1.70. The molecule has 0 aliphatic carbocycles. The number of hydrogen-bond donors (Lipinski definition) is 8. The smallest absolute Gasteiger partial charge is 0.322 e. The van der Waals surface area contributed by atoms with Crippen LogP contribution in [-0.2, 0) is 30.4 Å². The van der Waals surface area contributed by atoms with E-state index in [4.69, 9.17) is 16.6 Å². The molecule has 1 heterocycles. The van der Waals surface area contributed by atoms with Crippen molar-refractivity contribution >= 4 is 48.2 Å². The third-order valence-corrected chi connectivity index (χ3v) is 6.54. The number of carboxylic acid groups (broad SMARTS) is 1. The molecular weight excluding hydrogens is 552 g/mol. The zero-order valence-electron chi connectivity index (χ0n) is 22.9. The summed E-state index contributed by atoms with van der Waals surface area (Å²) in [5, 5.41) is 19.6. The Kier molecular flexibility index (Phi) is 14.4. The number of carboxylic acids is 1. The molecule has 0 radical (unpaired) electrons. The highest BCUT2D eigenvalue weighted by Gasteiger charge is 2.38. The van der Waals surface area contributed by atoms with Crippen LogP contribution in [0.1, 0.15) is 31.2 Å². The molecule has 1 saturated heterocycles. The number of carbonyl (C=O) groups is 5. The number of aliphatic imine (C=N–C) groups is 1. The predicted molar refractivity (Wildman–Crippen MR) is 156 cm³/mol. The van der Waals surface area contributed by atoms with Gasteiger partial charge in [0.1, 0.15) is 24.7 Å². The molecule has 226 valence electrons. The number of carbonyl (C=O) groups excluding carboxylic acids is 4. The van der Waals surface area contributed by atoms with E-state index in [1.54, 1.807) is 24.3 Å². The third-order valence-electron chi connectivity index (χ3n) is 6.32. The molecule has 0 aromatic heterocycles. The van der Waals surface area contributed by atoms with Gasteiger partial charge in [0.15, 0.2) is 5.96 Å². The summed E-state index contributed by atoms with van der Waals surface area (Å²) in [6, 6.07) is 6.12. The van der Waals surface area contributed by atoms with Gasteiger partial charge in [-0.1, -0.05) is 30.3 Å². The molecule has 1 aliphatic heterocycles. The fraction of sp³-hybridized carbons (Fsp3) is 0.538. The third kappa shape index (κ3) is 12.0. The molecule has 0 bridgehead atoms. The van der Waals surface area contributed by atoms with Gasteiger partial charge in [-0.15, -0.1) is 0 Å². The Balaban J connectivity index is 2.15. The second-order valence-corrected chi connectivity index (χ2v) is 9.97. The normalized spacial score (nSPS) is 15.8. The molecule has 0 spiro atoms. The van der Waals surface area contributed by atoms with Gasteiger partial charge in [0.25, 0.3) is 0 Å². The van der Waals surface area contributed by atoms with Crippen LogP contribution in [0.5, 0.6) is 0 Å². The lowest BCUT2D eigenvalue weighted by molar-refractivity contribution is -0.142. The van der Waals surface area contributed by atoms with Gasteiger partial charge in [-0.05, 0) is 31.2 Å². The monoisotopic (exact) mass is 592 g/mol. The highest BCUT2D eigenvalue weighted by Crippen LogP contribution is 2.20. The van der Waals surface area contributed by atoms with Crippen LogP contribution in [0.15, 0.2) is 35.3 Å². The summed E-state index contributed by atoms with van der Waals surface area (Å²) in [4.78, 5) is 68.6. The van der Waals surface area contributed by atoms with Crippen molar-refractivity contribution in [2.45, 2.75) is 50.2 Å². The van der Waals surface area contributed by atoms with E-state index in [0.717, 1.165) is 5.56 Å². The second kappa shape index (κ2) is 17.8. The van der Waals surface area contributed by atoms with E-state index in [1.807, 2.05) is 6.07 Å². The minimum absolute atomic E-state index is 0.00518. The number of rotatable bonds is 17. The first-order chi connectivity index (χ1) is 19.6. The molecule has 2 rings (SSSR count). The van der Waals surface area contributed by atoms with Crippen molar-refractivity contribution in [2.24, 2.45) is 16.5 Å². The van der Waals surface area contributed by atoms with Gasteiger partial charge in [-0.2, -0.15) is 12.6 Å². The van der Waals surface area contributed by atoms with Crippen molar-refractivity contribution in [1.29, 1.82) is 0 Å². The minimum atomic E-state index is -1.22. The molecule has 9 N–H and O–H groups in total. The largest absolute Gasteiger partial charge is 0.480 e. The summed E-state index contributed by atoms with van der Waals surface area (Å²) in [5.41, 5.74) is 11.5. The molecule has 4 amide bonds. The van der Waals surface area contributed by atoms with Crippen molar-refractivity contribution in [3.63, 3.8) is 0 Å². The average Bonchev–Trinajstić information content (AvgIpc) is 3.43. The molecule has 3 atom stereocenters. The summed E-state index contributed by atoms with van der Waals surface area (Å²) in [7, 11) is 0. The molecule has 2 unspecified atom stereocenters. The van der Waals surface area contributed by atoms with Crippen LogP contribution in [0.25, 0.3) is 0 Å². The van der Waals surface area contributed by atoms with Crippen LogP contribution >= 0.6 is 12.6 Å². The number of hydrogen-bond acceptors (Lipinski definition) is 8. The van der Waals surface area contributed by atoms with Crippen molar-refractivity contribution in [3.05, 3.63) is 35.9 Å². The fourth-order valence-electron chi connectivity index (χ4n) is 4.40. The van der Waals surface area contributed by atoms with Gasteiger partial charge in [0.2, 0.25) is 23.6 Å². The Bertz CT molecular complexity index is 1070. The number of benzene rings is 1. The summed E-state index contributed by atoms with van der Waals surface area (Å²) >= 11 is 4.09. The number of aliphatic carboxylic acids is 1. The maximum absolute atomic E-state index is 13.6. The number of amides is 4. The first-order valence-corrected chi connectivity index (χ1v) is 14.1. The lowest BCUT2D eigenvalue weighted by Crippen LogP contribution is -2.57. The van der Waals surface area contributed by atoms with E-state index in [2.05, 4.69) is 38.9 Å². The molecule has 14 nitrogen and oxygen atoms in total. The number of guanidine groups is 1. The molecule has 1 aromatic carbocycles. The lowest BCUT2D eigenvalue weighted by Gasteiger charge is -2.30. The second-order valence-electron chi connectivity index (χ2n) is 9.52. The highest BCUT2D eigenvalue weighted by molar-refractivity contribution is 7.80. The molecule has 15 heteroatoms. The van der Waals surface area contributed by atoms with Crippen molar-refractivity contribution in [3.8, 4) is 0 Å². The first kappa shape index (κ1) is 33.4. The Hall–Kier alpha value is -3.85. The van der Waals surface area contributed by atoms with Crippen molar-refractivity contribution in [1.82, 2.24) is 26.2 Å². The summed E-state index contributed by atoms with van der Waals surface area (Å²) in [5.74, 6) is -2.76. The van der Waals surface area contributed by atoms with Crippen LogP contribution in [0.4, 0.5) is 0 Å². The Labute approximate surface area is 244 Å². The quantitative estimate of drug-likeness (QED) is 0.0432. The van der Waals surface area contributed by atoms with Crippen molar-refractivity contribution in [2.75, 3.05) is 38.5 Å². The zero-order valence-corrected chi connectivity index (χ0v) is 23.8. The number of thiol groups is 1. The van der Waals surface area contributed by atoms with Crippen LogP contribution in [0, 0.1) is 0 Å². The van der Waals surface area contributed by atoms with Crippen LogP contribution < -0.4 is 32.7 Å². The lowest BCUT2D eigenvalue weighted by atomic mass is 10.0. The van der Waals surface area contributed by atoms with E-state index in [9.17, 15) is 24.0 Å². The predicted octanol–water partition coefficient (Wildman–Crippen LogP) is -2.04. The first-order valence-electron chi connectivity index (χ1n) is 13.4. The van der Waals surface area contributed by atoms with E-state index < -0.39 is 48.4 Å².